The van der Waals surface area contributed by atoms with E-state index in [1.807, 2.05) is 0 Å². The fourth-order valence-electron chi connectivity index (χ4n) is 1.20. The van der Waals surface area contributed by atoms with Gasteiger partial charge < -0.3 is 4.74 Å². The number of carbonyl (C=O) groups excluding carboxylic acids is 1. The third-order valence-electron chi connectivity index (χ3n) is 1.85. The van der Waals surface area contributed by atoms with Gasteiger partial charge in [-0.1, -0.05) is 0 Å². The van der Waals surface area contributed by atoms with Crippen LogP contribution in [0.4, 0.5) is 5.69 Å². The van der Waals surface area contributed by atoms with Crippen molar-refractivity contribution in [3.05, 3.63) is 33.4 Å². The van der Waals surface area contributed by atoms with E-state index in [2.05, 4.69) is 0 Å². The number of hydrogen-bond acceptors (Lipinski definition) is 5. The monoisotopic (exact) mass is 240 g/mol. The Morgan fingerprint density at radius 2 is 2.25 bits per heavy atom. The van der Waals surface area contributed by atoms with Crippen molar-refractivity contribution in [3.63, 3.8) is 0 Å². The number of methoxy groups -OCH3 is 1. The molecule has 82 valence electrons. The summed E-state index contributed by atoms with van der Waals surface area (Å²) in [4.78, 5) is 20.9. The van der Waals surface area contributed by atoms with Crippen LogP contribution in [0.3, 0.4) is 0 Å². The van der Waals surface area contributed by atoms with Crippen molar-refractivity contribution in [2.45, 2.75) is 0 Å². The molecule has 0 amide bonds. The molecule has 0 saturated heterocycles. The largest absolute Gasteiger partial charge is 0.490 e. The number of halogens is 1. The molecule has 0 atom stereocenters. The van der Waals surface area contributed by atoms with Gasteiger partial charge in [0.25, 0.3) is 5.24 Å². The smallest absolute Gasteiger partial charge is 0.329 e. The average molecular weight is 241 g/mol. The first-order valence-electron chi connectivity index (χ1n) is 3.98. The third kappa shape index (κ3) is 1.94. The lowest BCUT2D eigenvalue weighted by Crippen LogP contribution is -2.02. The lowest BCUT2D eigenvalue weighted by Gasteiger charge is -2.06. The molecule has 0 aliphatic carbocycles. The van der Waals surface area contributed by atoms with Crippen LogP contribution in [0.15, 0.2) is 12.1 Å². The van der Waals surface area contributed by atoms with Crippen LogP contribution < -0.4 is 4.74 Å². The average Bonchev–Trinajstić information content (AvgIpc) is 2.26. The molecule has 0 aliphatic rings. The number of carbonyl (C=O) groups is 1. The SMILES string of the molecule is COc1c(C(=O)Cl)ccc(C#N)c1[N+](=O)[O-]. The van der Waals surface area contributed by atoms with E-state index in [-0.39, 0.29) is 16.9 Å². The molecular formula is C9H5ClN2O4. The summed E-state index contributed by atoms with van der Waals surface area (Å²) in [5.41, 5.74) is -0.894. The van der Waals surface area contributed by atoms with Crippen molar-refractivity contribution in [1.82, 2.24) is 0 Å². The molecule has 0 spiro atoms. The molecule has 7 heteroatoms. The summed E-state index contributed by atoms with van der Waals surface area (Å²) >= 11 is 5.23. The number of nitrogens with zero attached hydrogens (tertiary/aromatic N) is 2. The number of nitro benzene ring substituents is 1. The van der Waals surface area contributed by atoms with E-state index in [1.54, 1.807) is 6.07 Å². The summed E-state index contributed by atoms with van der Waals surface area (Å²) in [6.45, 7) is 0. The Bertz CT molecular complexity index is 507. The van der Waals surface area contributed by atoms with E-state index < -0.39 is 15.9 Å². The Morgan fingerprint density at radius 1 is 1.62 bits per heavy atom. The van der Waals surface area contributed by atoms with Gasteiger partial charge in [-0.3, -0.25) is 14.9 Å². The minimum atomic E-state index is -0.885. The molecule has 0 unspecified atom stereocenters. The van der Waals surface area contributed by atoms with E-state index in [0.29, 0.717) is 0 Å². The van der Waals surface area contributed by atoms with Crippen LogP contribution in [-0.4, -0.2) is 17.3 Å². The zero-order chi connectivity index (χ0) is 12.3. The predicted octanol–water partition coefficient (Wildman–Crippen LogP) is 1.85. The molecule has 0 N–H and O–H groups in total. The number of ether oxygens (including phenoxy) is 1. The highest BCUT2D eigenvalue weighted by atomic mass is 35.5. The van der Waals surface area contributed by atoms with Crippen LogP contribution in [-0.2, 0) is 0 Å². The molecular weight excluding hydrogens is 236 g/mol. The number of nitro groups is 1. The molecule has 1 aromatic carbocycles. The molecule has 0 saturated carbocycles. The Hall–Kier alpha value is -2.13. The van der Waals surface area contributed by atoms with E-state index in [0.717, 1.165) is 13.2 Å². The number of hydrogen-bond donors (Lipinski definition) is 0. The van der Waals surface area contributed by atoms with Crippen LogP contribution in [0.1, 0.15) is 15.9 Å². The van der Waals surface area contributed by atoms with Gasteiger partial charge in [0.2, 0.25) is 5.75 Å². The van der Waals surface area contributed by atoms with Gasteiger partial charge in [-0.15, -0.1) is 0 Å². The van der Waals surface area contributed by atoms with Crippen molar-refractivity contribution < 1.29 is 14.5 Å². The predicted molar refractivity (Wildman–Crippen MR) is 54.5 cm³/mol. The summed E-state index contributed by atoms with van der Waals surface area (Å²) in [5, 5.41) is 18.6. The van der Waals surface area contributed by atoms with Gasteiger partial charge in [0.05, 0.1) is 17.6 Å². The zero-order valence-electron chi connectivity index (χ0n) is 8.06. The van der Waals surface area contributed by atoms with Crippen molar-refractivity contribution >= 4 is 22.5 Å². The normalized spacial score (nSPS) is 9.31. The van der Waals surface area contributed by atoms with Gasteiger partial charge in [0, 0.05) is 0 Å². The second-order valence-corrected chi connectivity index (χ2v) is 3.03. The molecule has 0 heterocycles. The van der Waals surface area contributed by atoms with E-state index >= 15 is 0 Å². The highest BCUT2D eigenvalue weighted by Crippen LogP contribution is 2.34. The number of benzene rings is 1. The van der Waals surface area contributed by atoms with Crippen molar-refractivity contribution in [3.8, 4) is 11.8 Å². The molecule has 0 aromatic heterocycles. The van der Waals surface area contributed by atoms with Gasteiger partial charge in [-0.25, -0.2) is 0 Å². The standard InChI is InChI=1S/C9H5ClN2O4/c1-16-8-6(9(10)13)3-2-5(4-11)7(8)12(14)15/h2-3H,1H3. The summed E-state index contributed by atoms with van der Waals surface area (Å²) in [6, 6.07) is 4.00. The molecule has 0 radical (unpaired) electrons. The molecule has 1 aromatic rings. The first kappa shape index (κ1) is 11.9. The van der Waals surface area contributed by atoms with Crippen molar-refractivity contribution in [1.29, 1.82) is 5.26 Å². The van der Waals surface area contributed by atoms with E-state index in [1.165, 1.54) is 6.07 Å². The van der Waals surface area contributed by atoms with Crippen LogP contribution >= 0.6 is 11.6 Å². The van der Waals surface area contributed by atoms with Crippen LogP contribution in [0, 0.1) is 21.4 Å². The van der Waals surface area contributed by atoms with Gasteiger partial charge in [-0.2, -0.15) is 5.26 Å². The fraction of sp³-hybridized carbons (Fsp3) is 0.111. The van der Waals surface area contributed by atoms with E-state index in [4.69, 9.17) is 21.6 Å². The van der Waals surface area contributed by atoms with Crippen LogP contribution in [0.5, 0.6) is 5.75 Å². The molecule has 0 aliphatic heterocycles. The molecule has 6 nitrogen and oxygen atoms in total. The summed E-state index contributed by atoms with van der Waals surface area (Å²) in [7, 11) is 1.16. The minimum absolute atomic E-state index is 0.144. The lowest BCUT2D eigenvalue weighted by molar-refractivity contribution is -0.386. The minimum Gasteiger partial charge on any atom is -0.490 e. The van der Waals surface area contributed by atoms with Gasteiger partial charge in [0.1, 0.15) is 11.6 Å². The van der Waals surface area contributed by atoms with Gasteiger partial charge in [0.15, 0.2) is 0 Å². The van der Waals surface area contributed by atoms with Crippen molar-refractivity contribution in [2.24, 2.45) is 0 Å². The second-order valence-electron chi connectivity index (χ2n) is 2.69. The maximum absolute atomic E-state index is 11.0. The molecule has 0 bridgehead atoms. The highest BCUT2D eigenvalue weighted by molar-refractivity contribution is 6.68. The van der Waals surface area contributed by atoms with Crippen LogP contribution in [0.25, 0.3) is 0 Å². The second kappa shape index (κ2) is 4.59. The fourth-order valence-corrected chi connectivity index (χ4v) is 1.35. The Balaban J connectivity index is 3.64. The Kier molecular flexibility index (Phi) is 3.43. The lowest BCUT2D eigenvalue weighted by atomic mass is 10.1. The van der Waals surface area contributed by atoms with Gasteiger partial charge in [-0.05, 0) is 23.7 Å². The quantitative estimate of drug-likeness (QED) is 0.457. The third-order valence-corrected chi connectivity index (χ3v) is 2.05. The summed E-state index contributed by atoms with van der Waals surface area (Å²) < 4.78 is 4.74. The van der Waals surface area contributed by atoms with Crippen LogP contribution in [0.2, 0.25) is 0 Å². The molecule has 16 heavy (non-hydrogen) atoms. The summed E-state index contributed by atoms with van der Waals surface area (Å²) in [5.74, 6) is -0.302. The molecule has 0 fully saturated rings. The Labute approximate surface area is 95.2 Å². The van der Waals surface area contributed by atoms with Gasteiger partial charge >= 0.3 is 5.69 Å². The Morgan fingerprint density at radius 3 is 2.62 bits per heavy atom. The summed E-state index contributed by atoms with van der Waals surface area (Å²) in [6.07, 6.45) is 0. The topological polar surface area (TPSA) is 93.2 Å². The maximum Gasteiger partial charge on any atom is 0.329 e. The highest BCUT2D eigenvalue weighted by Gasteiger charge is 2.26. The number of nitriles is 1. The van der Waals surface area contributed by atoms with E-state index in [9.17, 15) is 14.9 Å². The van der Waals surface area contributed by atoms with Crippen molar-refractivity contribution in [2.75, 3.05) is 7.11 Å². The first-order valence-corrected chi connectivity index (χ1v) is 4.36. The maximum atomic E-state index is 11.0. The molecule has 1 rings (SSSR count). The number of rotatable bonds is 3. The zero-order valence-corrected chi connectivity index (χ0v) is 8.82. The first-order chi connectivity index (χ1) is 7.52.